The molecule has 0 aliphatic heterocycles. The molecule has 0 aromatic heterocycles. The molecule has 0 saturated carbocycles. The van der Waals surface area contributed by atoms with Crippen LogP contribution in [0, 0.1) is 13.8 Å². The van der Waals surface area contributed by atoms with E-state index in [1.807, 2.05) is 0 Å². The normalized spacial score (nSPS) is 12.0. The van der Waals surface area contributed by atoms with Crippen LogP contribution in [0.15, 0.2) is 78.9 Å². The molecule has 0 unspecified atom stereocenters. The summed E-state index contributed by atoms with van der Waals surface area (Å²) in [4.78, 5) is 0. The molecule has 3 rings (SSSR count). The van der Waals surface area contributed by atoms with Gasteiger partial charge in [0.2, 0.25) is 0 Å². The molecule has 3 aromatic carbocycles. The maximum Gasteiger partial charge on any atom is -0.00735 e. The van der Waals surface area contributed by atoms with Gasteiger partial charge in [-0.3, -0.25) is 0 Å². The summed E-state index contributed by atoms with van der Waals surface area (Å²) in [5.74, 6) is 0. The van der Waals surface area contributed by atoms with Crippen molar-refractivity contribution in [2.75, 3.05) is 0 Å². The second kappa shape index (κ2) is 7.31. The van der Waals surface area contributed by atoms with Gasteiger partial charge >= 0.3 is 0 Å². The fraction of sp³-hybridized carbons (Fsp3) is 0.167. The van der Waals surface area contributed by atoms with Crippen molar-refractivity contribution in [3.05, 3.63) is 107 Å². The van der Waals surface area contributed by atoms with Crippen molar-refractivity contribution >= 4 is 11.1 Å². The molecule has 24 heavy (non-hydrogen) atoms. The highest BCUT2D eigenvalue weighted by atomic mass is 14.2. The maximum atomic E-state index is 2.24. The van der Waals surface area contributed by atoms with Gasteiger partial charge in [-0.05, 0) is 48.1 Å². The minimum Gasteiger partial charge on any atom is -0.0622 e. The summed E-state index contributed by atoms with van der Waals surface area (Å²) in [5.41, 5.74) is 9.18. The number of aryl methyl sites for hydroxylation is 2. The van der Waals surface area contributed by atoms with Crippen molar-refractivity contribution < 1.29 is 0 Å². The molecule has 0 radical (unpaired) electrons. The molecule has 0 N–H and O–H groups in total. The predicted octanol–water partition coefficient (Wildman–Crippen LogP) is 6.67. The average Bonchev–Trinajstić information content (AvgIpc) is 2.62. The number of rotatable bonds is 4. The Labute approximate surface area is 145 Å². The Bertz CT molecular complexity index is 819. The van der Waals surface area contributed by atoms with Crippen LogP contribution in [0.4, 0.5) is 0 Å². The third-order valence-corrected chi connectivity index (χ3v) is 4.46. The first-order valence-corrected chi connectivity index (χ1v) is 8.61. The molecule has 0 amide bonds. The van der Waals surface area contributed by atoms with Gasteiger partial charge in [0.25, 0.3) is 0 Å². The molecule has 0 nitrogen and oxygen atoms in total. The second-order valence-corrected chi connectivity index (χ2v) is 6.31. The van der Waals surface area contributed by atoms with E-state index >= 15 is 0 Å². The van der Waals surface area contributed by atoms with Crippen LogP contribution in [0.5, 0.6) is 0 Å². The van der Waals surface area contributed by atoms with E-state index in [2.05, 4.69) is 99.6 Å². The van der Waals surface area contributed by atoms with E-state index in [4.69, 9.17) is 0 Å². The summed E-state index contributed by atoms with van der Waals surface area (Å²) in [6.45, 7) is 6.51. The largest absolute Gasteiger partial charge is 0.0622 e. The van der Waals surface area contributed by atoms with Crippen molar-refractivity contribution in [3.63, 3.8) is 0 Å². The van der Waals surface area contributed by atoms with Crippen molar-refractivity contribution in [1.82, 2.24) is 0 Å². The van der Waals surface area contributed by atoms with Gasteiger partial charge in [0.05, 0.1) is 0 Å². The molecule has 0 spiro atoms. The van der Waals surface area contributed by atoms with Crippen LogP contribution in [0.1, 0.15) is 41.2 Å². The maximum absolute atomic E-state index is 2.24. The Morgan fingerprint density at radius 3 is 1.54 bits per heavy atom. The third kappa shape index (κ3) is 3.49. The molecule has 0 saturated heterocycles. The smallest absolute Gasteiger partial charge is 0.00735 e. The second-order valence-electron chi connectivity index (χ2n) is 6.31. The lowest BCUT2D eigenvalue weighted by Crippen LogP contribution is -1.95. The van der Waals surface area contributed by atoms with Crippen LogP contribution >= 0.6 is 0 Å². The fourth-order valence-corrected chi connectivity index (χ4v) is 3.12. The van der Waals surface area contributed by atoms with Gasteiger partial charge in [0.15, 0.2) is 0 Å². The lowest BCUT2D eigenvalue weighted by molar-refractivity contribution is 1.23. The summed E-state index contributed by atoms with van der Waals surface area (Å²) in [6.07, 6.45) is 1.00. The highest BCUT2D eigenvalue weighted by Crippen LogP contribution is 2.34. The van der Waals surface area contributed by atoms with Crippen LogP contribution in [0.3, 0.4) is 0 Å². The minimum atomic E-state index is 1.00. The molecule has 0 bridgehead atoms. The van der Waals surface area contributed by atoms with Crippen molar-refractivity contribution in [2.45, 2.75) is 27.2 Å². The molecule has 120 valence electrons. The molecule has 0 heteroatoms. The summed E-state index contributed by atoms with van der Waals surface area (Å²) in [6, 6.07) is 28.5. The van der Waals surface area contributed by atoms with Gasteiger partial charge in [0, 0.05) is 0 Å². The van der Waals surface area contributed by atoms with Crippen molar-refractivity contribution in [1.29, 1.82) is 0 Å². The SMILES string of the molecule is CC/C(=C(/c1ccccc1)c1ccc(C)cc1)c1ccc(C)cc1. The summed E-state index contributed by atoms with van der Waals surface area (Å²) in [7, 11) is 0. The van der Waals surface area contributed by atoms with Gasteiger partial charge in [0.1, 0.15) is 0 Å². The first-order valence-electron chi connectivity index (χ1n) is 8.61. The molecule has 0 atom stereocenters. The van der Waals surface area contributed by atoms with E-state index < -0.39 is 0 Å². The zero-order valence-electron chi connectivity index (χ0n) is 14.7. The van der Waals surface area contributed by atoms with E-state index in [1.165, 1.54) is 39.0 Å². The van der Waals surface area contributed by atoms with Crippen LogP contribution < -0.4 is 0 Å². The summed E-state index contributed by atoms with van der Waals surface area (Å²) < 4.78 is 0. The van der Waals surface area contributed by atoms with E-state index in [0.29, 0.717) is 0 Å². The minimum absolute atomic E-state index is 1.00. The van der Waals surface area contributed by atoms with Crippen LogP contribution in [0.25, 0.3) is 11.1 Å². The van der Waals surface area contributed by atoms with Crippen LogP contribution in [-0.4, -0.2) is 0 Å². The first-order chi connectivity index (χ1) is 11.7. The Kier molecular flexibility index (Phi) is 4.96. The zero-order valence-corrected chi connectivity index (χ0v) is 14.7. The molecular formula is C24H24. The number of hydrogen-bond donors (Lipinski definition) is 0. The van der Waals surface area contributed by atoms with Crippen LogP contribution in [-0.2, 0) is 0 Å². The summed E-state index contributed by atoms with van der Waals surface area (Å²) in [5, 5.41) is 0. The van der Waals surface area contributed by atoms with Gasteiger partial charge in [-0.2, -0.15) is 0 Å². The molecule has 0 heterocycles. The van der Waals surface area contributed by atoms with Gasteiger partial charge in [-0.1, -0.05) is 96.9 Å². The Morgan fingerprint density at radius 1 is 0.583 bits per heavy atom. The van der Waals surface area contributed by atoms with E-state index in [-0.39, 0.29) is 0 Å². The van der Waals surface area contributed by atoms with E-state index in [1.54, 1.807) is 0 Å². The van der Waals surface area contributed by atoms with Gasteiger partial charge in [-0.15, -0.1) is 0 Å². The molecule has 0 aliphatic carbocycles. The zero-order chi connectivity index (χ0) is 16.9. The number of benzene rings is 3. The molecule has 0 fully saturated rings. The third-order valence-electron chi connectivity index (χ3n) is 4.46. The van der Waals surface area contributed by atoms with Crippen LogP contribution in [0.2, 0.25) is 0 Å². The molecule has 3 aromatic rings. The molecule has 0 aliphatic rings. The standard InChI is InChI=1S/C24H24/c1-4-23(20-14-10-18(2)11-15-20)24(21-8-6-5-7-9-21)22-16-12-19(3)13-17-22/h5-17H,4H2,1-3H3/b24-23+. The Morgan fingerprint density at radius 2 is 1.04 bits per heavy atom. The Hall–Kier alpha value is -2.60. The van der Waals surface area contributed by atoms with Crippen molar-refractivity contribution in [2.24, 2.45) is 0 Å². The fourth-order valence-electron chi connectivity index (χ4n) is 3.12. The summed E-state index contributed by atoms with van der Waals surface area (Å²) >= 11 is 0. The van der Waals surface area contributed by atoms with Gasteiger partial charge in [-0.25, -0.2) is 0 Å². The van der Waals surface area contributed by atoms with E-state index in [9.17, 15) is 0 Å². The number of allylic oxidation sites excluding steroid dienone is 1. The van der Waals surface area contributed by atoms with Gasteiger partial charge < -0.3 is 0 Å². The quantitative estimate of drug-likeness (QED) is 0.472. The number of hydrogen-bond acceptors (Lipinski definition) is 0. The highest BCUT2D eigenvalue weighted by molar-refractivity contribution is 5.98. The monoisotopic (exact) mass is 312 g/mol. The molecular weight excluding hydrogens is 288 g/mol. The van der Waals surface area contributed by atoms with E-state index in [0.717, 1.165) is 6.42 Å². The highest BCUT2D eigenvalue weighted by Gasteiger charge is 2.12. The Balaban J connectivity index is 2.25. The predicted molar refractivity (Wildman–Crippen MR) is 105 cm³/mol. The first kappa shape index (κ1) is 16.3. The lowest BCUT2D eigenvalue weighted by atomic mass is 9.88. The van der Waals surface area contributed by atoms with Crippen molar-refractivity contribution in [3.8, 4) is 0 Å². The lowest BCUT2D eigenvalue weighted by Gasteiger charge is -2.16. The topological polar surface area (TPSA) is 0 Å². The average molecular weight is 312 g/mol.